The lowest BCUT2D eigenvalue weighted by Crippen LogP contribution is -2.48. The molecule has 2 fully saturated rings. The molecule has 2 saturated heterocycles. The summed E-state index contributed by atoms with van der Waals surface area (Å²) in [6.45, 7) is 1.05. The van der Waals surface area contributed by atoms with Crippen LogP contribution in [0.25, 0.3) is 0 Å². The molecule has 0 aromatic heterocycles. The van der Waals surface area contributed by atoms with Gasteiger partial charge in [0, 0.05) is 25.9 Å². The average Bonchev–Trinajstić information content (AvgIpc) is 2.80. The van der Waals surface area contributed by atoms with E-state index in [0.29, 0.717) is 32.5 Å². The number of hydrogen-bond acceptors (Lipinski definition) is 4. The van der Waals surface area contributed by atoms with Gasteiger partial charge in [-0.25, -0.2) is 13.2 Å². The summed E-state index contributed by atoms with van der Waals surface area (Å²) in [5.74, 6) is 0. The number of benzene rings is 1. The highest BCUT2D eigenvalue weighted by molar-refractivity contribution is 7.89. The van der Waals surface area contributed by atoms with Gasteiger partial charge in [0.1, 0.15) is 10.5 Å². The smallest absolute Gasteiger partial charge is 0.407 e. The number of piperidine rings is 1. The van der Waals surface area contributed by atoms with Gasteiger partial charge in [-0.1, -0.05) is 23.7 Å². The molecule has 6 nitrogen and oxygen atoms in total. The molecule has 21 heavy (non-hydrogen) atoms. The number of amides is 1. The van der Waals surface area contributed by atoms with E-state index in [1.807, 2.05) is 0 Å². The minimum atomic E-state index is -3.61. The van der Waals surface area contributed by atoms with Gasteiger partial charge in [0.2, 0.25) is 10.0 Å². The summed E-state index contributed by atoms with van der Waals surface area (Å²) in [5.41, 5.74) is -0.566. The zero-order chi connectivity index (χ0) is 15.1. The van der Waals surface area contributed by atoms with Gasteiger partial charge in [-0.3, -0.25) is 0 Å². The number of ether oxygens (including phenoxy) is 1. The largest absolute Gasteiger partial charge is 0.441 e. The standard InChI is InChI=1S/C13H15ClN2O4S/c14-10-3-1-2-4-11(10)21(18,19)16-7-5-13(6-8-16)9-15-12(17)20-13/h1-4H,5-9H2,(H,15,17). The Hall–Kier alpha value is -1.31. The van der Waals surface area contributed by atoms with E-state index in [4.69, 9.17) is 16.3 Å². The normalized spacial score (nSPS) is 22.0. The van der Waals surface area contributed by atoms with Crippen LogP contribution in [0.15, 0.2) is 29.2 Å². The second kappa shape index (κ2) is 5.15. The van der Waals surface area contributed by atoms with E-state index in [9.17, 15) is 13.2 Å². The summed E-state index contributed by atoms with van der Waals surface area (Å²) < 4.78 is 31.9. The first-order chi connectivity index (χ1) is 9.93. The molecule has 2 aliphatic heterocycles. The molecule has 1 amide bonds. The van der Waals surface area contributed by atoms with Crippen LogP contribution in [0, 0.1) is 0 Å². The van der Waals surface area contributed by atoms with Crippen molar-refractivity contribution in [1.29, 1.82) is 0 Å². The molecule has 1 spiro atoms. The summed E-state index contributed by atoms with van der Waals surface area (Å²) in [4.78, 5) is 11.3. The molecular weight excluding hydrogens is 316 g/mol. The minimum Gasteiger partial charge on any atom is -0.441 e. The second-order valence-corrected chi connectivity index (χ2v) is 7.57. The number of hydrogen-bond donors (Lipinski definition) is 1. The molecule has 0 aliphatic carbocycles. The van der Waals surface area contributed by atoms with Gasteiger partial charge < -0.3 is 10.1 Å². The molecule has 3 rings (SSSR count). The lowest BCUT2D eigenvalue weighted by Gasteiger charge is -2.36. The number of carbonyl (C=O) groups excluding carboxylic acids is 1. The van der Waals surface area contributed by atoms with Gasteiger partial charge in [-0.05, 0) is 12.1 Å². The zero-order valence-electron chi connectivity index (χ0n) is 11.2. The van der Waals surface area contributed by atoms with E-state index in [1.165, 1.54) is 10.4 Å². The molecule has 2 heterocycles. The van der Waals surface area contributed by atoms with Crippen molar-refractivity contribution in [2.75, 3.05) is 19.6 Å². The predicted molar refractivity (Wildman–Crippen MR) is 76.7 cm³/mol. The molecule has 1 N–H and O–H groups in total. The molecule has 2 aliphatic rings. The Bertz CT molecular complexity index is 669. The Morgan fingerprint density at radius 1 is 1.24 bits per heavy atom. The number of alkyl carbamates (subject to hydrolysis) is 1. The van der Waals surface area contributed by atoms with E-state index < -0.39 is 21.7 Å². The third-order valence-electron chi connectivity index (χ3n) is 3.95. The summed E-state index contributed by atoms with van der Waals surface area (Å²) in [6, 6.07) is 6.39. The fraction of sp³-hybridized carbons (Fsp3) is 0.462. The van der Waals surface area contributed by atoms with Crippen LogP contribution < -0.4 is 5.32 Å². The van der Waals surface area contributed by atoms with Gasteiger partial charge in [-0.2, -0.15) is 4.31 Å². The SMILES string of the molecule is O=C1NCC2(CCN(S(=O)(=O)c3ccccc3Cl)CC2)O1. The molecule has 0 radical (unpaired) electrons. The topological polar surface area (TPSA) is 75.7 Å². The van der Waals surface area contributed by atoms with E-state index in [2.05, 4.69) is 5.32 Å². The first kappa shape index (κ1) is 14.6. The molecule has 0 saturated carbocycles. The zero-order valence-corrected chi connectivity index (χ0v) is 12.8. The van der Waals surface area contributed by atoms with Crippen LogP contribution in [-0.2, 0) is 14.8 Å². The average molecular weight is 331 g/mol. The van der Waals surface area contributed by atoms with Gasteiger partial charge in [0.15, 0.2) is 0 Å². The van der Waals surface area contributed by atoms with Crippen LogP contribution in [0.4, 0.5) is 4.79 Å². The molecule has 1 aromatic carbocycles. The third kappa shape index (κ3) is 2.61. The fourth-order valence-corrected chi connectivity index (χ4v) is 4.64. The highest BCUT2D eigenvalue weighted by atomic mass is 35.5. The summed E-state index contributed by atoms with van der Waals surface area (Å²) >= 11 is 5.98. The molecule has 0 bridgehead atoms. The van der Waals surface area contributed by atoms with Crippen molar-refractivity contribution in [2.45, 2.75) is 23.3 Å². The first-order valence-electron chi connectivity index (χ1n) is 6.65. The van der Waals surface area contributed by atoms with Crippen LogP contribution in [-0.4, -0.2) is 44.1 Å². The van der Waals surface area contributed by atoms with Crippen molar-refractivity contribution in [1.82, 2.24) is 9.62 Å². The number of rotatable bonds is 2. The predicted octanol–water partition coefficient (Wildman–Crippen LogP) is 1.60. The minimum absolute atomic E-state index is 0.115. The summed E-state index contributed by atoms with van der Waals surface area (Å²) in [6.07, 6.45) is 0.530. The number of nitrogens with one attached hydrogen (secondary N) is 1. The van der Waals surface area contributed by atoms with Gasteiger partial charge >= 0.3 is 6.09 Å². The lowest BCUT2D eigenvalue weighted by atomic mass is 9.93. The van der Waals surface area contributed by atoms with Gasteiger partial charge in [0.05, 0.1) is 11.6 Å². The Morgan fingerprint density at radius 3 is 2.48 bits per heavy atom. The number of halogens is 1. The van der Waals surface area contributed by atoms with E-state index in [1.54, 1.807) is 18.2 Å². The first-order valence-corrected chi connectivity index (χ1v) is 8.46. The third-order valence-corrected chi connectivity index (χ3v) is 6.35. The van der Waals surface area contributed by atoms with E-state index in [0.717, 1.165) is 0 Å². The Morgan fingerprint density at radius 2 is 1.90 bits per heavy atom. The van der Waals surface area contributed by atoms with Crippen molar-refractivity contribution in [3.63, 3.8) is 0 Å². The summed E-state index contributed by atoms with van der Waals surface area (Å²) in [7, 11) is -3.61. The maximum absolute atomic E-state index is 12.6. The van der Waals surface area contributed by atoms with Crippen LogP contribution >= 0.6 is 11.6 Å². The monoisotopic (exact) mass is 330 g/mol. The van der Waals surface area contributed by atoms with E-state index in [-0.39, 0.29) is 9.92 Å². The maximum Gasteiger partial charge on any atom is 0.407 e. The van der Waals surface area contributed by atoms with Crippen molar-refractivity contribution in [3.05, 3.63) is 29.3 Å². The number of carbonyl (C=O) groups is 1. The van der Waals surface area contributed by atoms with Crippen LogP contribution in [0.1, 0.15) is 12.8 Å². The van der Waals surface area contributed by atoms with Crippen molar-refractivity contribution in [3.8, 4) is 0 Å². The lowest BCUT2D eigenvalue weighted by molar-refractivity contribution is 0.0173. The molecule has 0 atom stereocenters. The fourth-order valence-electron chi connectivity index (χ4n) is 2.71. The van der Waals surface area contributed by atoms with Gasteiger partial charge in [0.25, 0.3) is 0 Å². The summed E-state index contributed by atoms with van der Waals surface area (Å²) in [5, 5.41) is 2.84. The van der Waals surface area contributed by atoms with Crippen molar-refractivity contribution in [2.24, 2.45) is 0 Å². The molecule has 8 heteroatoms. The molecular formula is C13H15ClN2O4S. The van der Waals surface area contributed by atoms with Crippen LogP contribution in [0.2, 0.25) is 5.02 Å². The number of sulfonamides is 1. The molecule has 0 unspecified atom stereocenters. The molecule has 1 aromatic rings. The van der Waals surface area contributed by atoms with Crippen molar-refractivity contribution < 1.29 is 17.9 Å². The van der Waals surface area contributed by atoms with E-state index >= 15 is 0 Å². The highest BCUT2D eigenvalue weighted by Gasteiger charge is 2.45. The Balaban J connectivity index is 1.78. The van der Waals surface area contributed by atoms with Crippen molar-refractivity contribution >= 4 is 27.7 Å². The second-order valence-electron chi connectivity index (χ2n) is 5.26. The van der Waals surface area contributed by atoms with Crippen LogP contribution in [0.3, 0.4) is 0 Å². The highest BCUT2D eigenvalue weighted by Crippen LogP contribution is 2.33. The van der Waals surface area contributed by atoms with Gasteiger partial charge in [-0.15, -0.1) is 0 Å². The van der Waals surface area contributed by atoms with Crippen LogP contribution in [0.5, 0.6) is 0 Å². The number of nitrogens with zero attached hydrogens (tertiary/aromatic N) is 1. The quantitative estimate of drug-likeness (QED) is 0.893. The maximum atomic E-state index is 12.6. The molecule has 114 valence electrons. The Kier molecular flexibility index (Phi) is 3.59. The Labute approximate surface area is 128 Å².